The highest BCUT2D eigenvalue weighted by atomic mass is 32.1. The van der Waals surface area contributed by atoms with Crippen molar-refractivity contribution in [1.82, 2.24) is 4.90 Å². The van der Waals surface area contributed by atoms with Gasteiger partial charge >= 0.3 is 0 Å². The van der Waals surface area contributed by atoms with Gasteiger partial charge in [-0.25, -0.2) is 0 Å². The Morgan fingerprint density at radius 3 is 3.10 bits per heavy atom. The highest BCUT2D eigenvalue weighted by Gasteiger charge is 2.22. The van der Waals surface area contributed by atoms with E-state index < -0.39 is 0 Å². The molecule has 1 aliphatic rings. The van der Waals surface area contributed by atoms with Gasteiger partial charge in [0.25, 0.3) is 0 Å². The van der Waals surface area contributed by atoms with Gasteiger partial charge in [0, 0.05) is 23.4 Å². The number of carbonyl (C=O) groups is 1. The number of rotatable bonds is 3. The Kier molecular flexibility index (Phi) is 5.63. The van der Waals surface area contributed by atoms with Crippen LogP contribution in [0.5, 0.6) is 0 Å². The minimum absolute atomic E-state index is 0.129. The molecule has 0 spiro atoms. The molecule has 20 heavy (non-hydrogen) atoms. The Morgan fingerprint density at radius 2 is 2.35 bits per heavy atom. The molecule has 1 fully saturated rings. The molecule has 1 unspecified atom stereocenters. The molecule has 2 rings (SSSR count). The average Bonchev–Trinajstić information content (AvgIpc) is 2.82. The number of likely N-dealkylation sites (tertiary alicyclic amines) is 1. The van der Waals surface area contributed by atoms with Crippen LogP contribution < -0.4 is 0 Å². The summed E-state index contributed by atoms with van der Waals surface area (Å²) in [6.07, 6.45) is 3.95. The van der Waals surface area contributed by atoms with Crippen LogP contribution in [0.4, 0.5) is 0 Å². The van der Waals surface area contributed by atoms with Gasteiger partial charge in [-0.2, -0.15) is 0 Å². The van der Waals surface area contributed by atoms with Crippen molar-refractivity contribution in [2.45, 2.75) is 39.2 Å². The van der Waals surface area contributed by atoms with Crippen molar-refractivity contribution in [3.63, 3.8) is 0 Å². The Morgan fingerprint density at radius 1 is 1.50 bits per heavy atom. The van der Waals surface area contributed by atoms with Gasteiger partial charge < -0.3 is 10.0 Å². The third-order valence-corrected chi connectivity index (χ3v) is 4.79. The summed E-state index contributed by atoms with van der Waals surface area (Å²) in [5, 5.41) is 10.8. The third-order valence-electron chi connectivity index (χ3n) is 3.89. The molecular formula is C16H21NO2S. The van der Waals surface area contributed by atoms with Crippen LogP contribution in [0.3, 0.4) is 0 Å². The second-order valence-electron chi connectivity index (χ2n) is 5.13. The van der Waals surface area contributed by atoms with E-state index in [1.807, 2.05) is 16.3 Å². The van der Waals surface area contributed by atoms with E-state index in [4.69, 9.17) is 5.11 Å². The van der Waals surface area contributed by atoms with Gasteiger partial charge in [0.1, 0.15) is 6.61 Å². The van der Waals surface area contributed by atoms with Gasteiger partial charge in [0.05, 0.1) is 6.54 Å². The molecule has 0 aliphatic carbocycles. The first-order valence-corrected chi connectivity index (χ1v) is 8.06. The highest BCUT2D eigenvalue weighted by molar-refractivity contribution is 7.10. The normalized spacial score (nSPS) is 19.4. The third kappa shape index (κ3) is 3.84. The maximum Gasteiger partial charge on any atom is 0.222 e. The summed E-state index contributed by atoms with van der Waals surface area (Å²) >= 11 is 1.63. The van der Waals surface area contributed by atoms with Crippen LogP contribution in [-0.4, -0.2) is 29.1 Å². The van der Waals surface area contributed by atoms with Crippen LogP contribution in [0, 0.1) is 17.8 Å². The fraction of sp³-hybridized carbons (Fsp3) is 0.562. The summed E-state index contributed by atoms with van der Waals surface area (Å²) in [4.78, 5) is 15.3. The second-order valence-corrected chi connectivity index (χ2v) is 6.13. The number of thiophene rings is 1. The van der Waals surface area contributed by atoms with Gasteiger partial charge in [0.2, 0.25) is 5.91 Å². The first kappa shape index (κ1) is 15.1. The fourth-order valence-electron chi connectivity index (χ4n) is 2.55. The highest BCUT2D eigenvalue weighted by Crippen LogP contribution is 2.24. The summed E-state index contributed by atoms with van der Waals surface area (Å²) in [5.41, 5.74) is 0.938. The molecule has 1 aromatic heterocycles. The van der Waals surface area contributed by atoms with Gasteiger partial charge in [0.15, 0.2) is 0 Å². The van der Waals surface area contributed by atoms with Crippen molar-refractivity contribution >= 4 is 17.2 Å². The number of nitrogens with zero attached hydrogens (tertiary/aromatic N) is 1. The molecule has 1 atom stereocenters. The van der Waals surface area contributed by atoms with E-state index in [1.54, 1.807) is 11.3 Å². The minimum atomic E-state index is -0.129. The molecule has 0 bridgehead atoms. The zero-order valence-corrected chi connectivity index (χ0v) is 12.7. The number of amides is 1. The number of hydrogen-bond donors (Lipinski definition) is 1. The van der Waals surface area contributed by atoms with Crippen LogP contribution in [0.1, 0.15) is 43.0 Å². The van der Waals surface area contributed by atoms with Crippen molar-refractivity contribution in [3.05, 3.63) is 21.9 Å². The van der Waals surface area contributed by atoms with Gasteiger partial charge in [-0.3, -0.25) is 4.79 Å². The van der Waals surface area contributed by atoms with Gasteiger partial charge in [-0.1, -0.05) is 25.2 Å². The molecule has 1 saturated heterocycles. The molecule has 0 saturated carbocycles. The summed E-state index contributed by atoms with van der Waals surface area (Å²) < 4.78 is 0. The van der Waals surface area contributed by atoms with E-state index in [0.717, 1.165) is 36.2 Å². The lowest BCUT2D eigenvalue weighted by Gasteiger charge is -2.20. The molecule has 1 aromatic rings. The van der Waals surface area contributed by atoms with E-state index in [9.17, 15) is 4.79 Å². The summed E-state index contributed by atoms with van der Waals surface area (Å²) in [7, 11) is 0. The number of hydrogen-bond acceptors (Lipinski definition) is 3. The molecule has 1 N–H and O–H groups in total. The van der Waals surface area contributed by atoms with Crippen molar-refractivity contribution in [2.24, 2.45) is 5.92 Å². The SMILES string of the molecule is CCC1CCC(=O)N(Cc2sccc2C#CCO)CC1. The monoisotopic (exact) mass is 291 g/mol. The molecule has 0 radical (unpaired) electrons. The average molecular weight is 291 g/mol. The molecule has 0 aromatic carbocycles. The Balaban J connectivity index is 2.05. The molecule has 1 amide bonds. The standard InChI is InChI=1S/C16H21NO2S/c1-2-13-5-6-16(19)17(9-7-13)12-15-14(4-3-10-18)8-11-20-15/h8,11,13,18H,2,5-7,9-10,12H2,1H3. The maximum absolute atomic E-state index is 12.2. The minimum Gasteiger partial charge on any atom is -0.384 e. The first-order valence-electron chi connectivity index (χ1n) is 7.18. The van der Waals surface area contributed by atoms with Crippen molar-refractivity contribution in [3.8, 4) is 11.8 Å². The predicted octanol–water partition coefficient (Wildman–Crippen LogP) is 2.63. The molecular weight excluding hydrogens is 270 g/mol. The van der Waals surface area contributed by atoms with Crippen molar-refractivity contribution in [2.75, 3.05) is 13.2 Å². The number of aliphatic hydroxyl groups is 1. The lowest BCUT2D eigenvalue weighted by Crippen LogP contribution is -2.29. The quantitative estimate of drug-likeness (QED) is 0.870. The molecule has 4 heteroatoms. The van der Waals surface area contributed by atoms with E-state index in [1.165, 1.54) is 0 Å². The molecule has 3 nitrogen and oxygen atoms in total. The molecule has 108 valence electrons. The van der Waals surface area contributed by atoms with E-state index >= 15 is 0 Å². The fourth-order valence-corrected chi connectivity index (χ4v) is 3.40. The first-order chi connectivity index (χ1) is 9.74. The van der Waals surface area contributed by atoms with Crippen LogP contribution in [-0.2, 0) is 11.3 Å². The van der Waals surface area contributed by atoms with Crippen LogP contribution in [0.25, 0.3) is 0 Å². The van der Waals surface area contributed by atoms with Gasteiger partial charge in [-0.05, 0) is 30.2 Å². The smallest absolute Gasteiger partial charge is 0.222 e. The summed E-state index contributed by atoms with van der Waals surface area (Å²) in [6.45, 7) is 3.58. The van der Waals surface area contributed by atoms with E-state index in [0.29, 0.717) is 18.9 Å². The Labute approximate surface area is 124 Å². The second kappa shape index (κ2) is 7.47. The van der Waals surface area contributed by atoms with E-state index in [2.05, 4.69) is 18.8 Å². The largest absolute Gasteiger partial charge is 0.384 e. The topological polar surface area (TPSA) is 40.5 Å². The Hall–Kier alpha value is -1.31. The van der Waals surface area contributed by atoms with Gasteiger partial charge in [-0.15, -0.1) is 11.3 Å². The number of carbonyl (C=O) groups excluding carboxylic acids is 1. The lowest BCUT2D eigenvalue weighted by molar-refractivity contribution is -0.131. The van der Waals surface area contributed by atoms with E-state index in [-0.39, 0.29) is 12.5 Å². The summed E-state index contributed by atoms with van der Waals surface area (Å²) in [5.74, 6) is 6.57. The zero-order chi connectivity index (χ0) is 14.4. The maximum atomic E-state index is 12.2. The zero-order valence-electron chi connectivity index (χ0n) is 11.9. The summed E-state index contributed by atoms with van der Waals surface area (Å²) in [6, 6.07) is 1.96. The van der Waals surface area contributed by atoms with Crippen LogP contribution >= 0.6 is 11.3 Å². The lowest BCUT2D eigenvalue weighted by atomic mass is 9.98. The predicted molar refractivity (Wildman–Crippen MR) is 81.3 cm³/mol. The molecule has 1 aliphatic heterocycles. The van der Waals surface area contributed by atoms with Crippen molar-refractivity contribution < 1.29 is 9.90 Å². The van der Waals surface area contributed by atoms with Crippen LogP contribution in [0.2, 0.25) is 0 Å². The number of aliphatic hydroxyl groups excluding tert-OH is 1. The van der Waals surface area contributed by atoms with Crippen LogP contribution in [0.15, 0.2) is 11.4 Å². The Bertz CT molecular complexity index is 512. The molecule has 2 heterocycles. The van der Waals surface area contributed by atoms with Crippen molar-refractivity contribution in [1.29, 1.82) is 0 Å².